The van der Waals surface area contributed by atoms with Gasteiger partial charge in [-0.05, 0) is 53.4 Å². The SMILES string of the molecule is O=C(O)C1c2ccccc2C(=O)N([C@H](CO)Cc2ccc(O)cc2)C1c1ccc(Cl)cc1Cl. The summed E-state index contributed by atoms with van der Waals surface area (Å²) in [4.78, 5) is 27.7. The molecule has 33 heavy (non-hydrogen) atoms. The van der Waals surface area contributed by atoms with Crippen LogP contribution < -0.4 is 0 Å². The van der Waals surface area contributed by atoms with Crippen LogP contribution >= 0.6 is 23.2 Å². The number of carbonyl (C=O) groups excluding carboxylic acids is 1. The van der Waals surface area contributed by atoms with Crippen LogP contribution in [-0.2, 0) is 11.2 Å². The van der Waals surface area contributed by atoms with Gasteiger partial charge in [0.1, 0.15) is 11.7 Å². The summed E-state index contributed by atoms with van der Waals surface area (Å²) in [6.45, 7) is -0.400. The Balaban J connectivity index is 1.89. The van der Waals surface area contributed by atoms with E-state index in [4.69, 9.17) is 23.2 Å². The number of phenolic OH excluding ortho intramolecular Hbond substituents is 1. The molecule has 3 N–H and O–H groups in total. The monoisotopic (exact) mass is 485 g/mol. The molecule has 0 bridgehead atoms. The Morgan fingerprint density at radius 3 is 2.33 bits per heavy atom. The largest absolute Gasteiger partial charge is 0.508 e. The molecule has 170 valence electrons. The lowest BCUT2D eigenvalue weighted by Crippen LogP contribution is -2.52. The van der Waals surface area contributed by atoms with Gasteiger partial charge in [0, 0.05) is 15.6 Å². The number of aromatic hydroxyl groups is 1. The fourth-order valence-electron chi connectivity index (χ4n) is 4.45. The predicted octanol–water partition coefficient (Wildman–Crippen LogP) is 4.67. The third-order valence-electron chi connectivity index (χ3n) is 5.94. The molecule has 0 aliphatic carbocycles. The molecule has 0 radical (unpaired) electrons. The van der Waals surface area contributed by atoms with Crippen molar-refractivity contribution >= 4 is 35.1 Å². The third-order valence-corrected chi connectivity index (χ3v) is 6.50. The maximum atomic E-state index is 13.7. The number of halogens is 2. The number of rotatable bonds is 6. The highest BCUT2D eigenvalue weighted by Crippen LogP contribution is 2.46. The second-order valence-electron chi connectivity index (χ2n) is 7.93. The number of carboxylic acids is 1. The van der Waals surface area contributed by atoms with Crippen molar-refractivity contribution in [3.05, 3.63) is 99.0 Å². The van der Waals surface area contributed by atoms with E-state index in [-0.39, 0.29) is 22.8 Å². The zero-order valence-corrected chi connectivity index (χ0v) is 18.9. The Morgan fingerprint density at radius 2 is 1.70 bits per heavy atom. The van der Waals surface area contributed by atoms with Gasteiger partial charge >= 0.3 is 5.97 Å². The molecule has 3 atom stereocenters. The van der Waals surface area contributed by atoms with E-state index in [1.807, 2.05) is 0 Å². The average Bonchev–Trinajstić information content (AvgIpc) is 2.79. The van der Waals surface area contributed by atoms with E-state index >= 15 is 0 Å². The molecule has 1 aliphatic rings. The van der Waals surface area contributed by atoms with Crippen LogP contribution in [0.15, 0.2) is 66.7 Å². The van der Waals surface area contributed by atoms with Gasteiger partial charge in [-0.2, -0.15) is 0 Å². The number of aliphatic carboxylic acids is 1. The van der Waals surface area contributed by atoms with Crippen molar-refractivity contribution in [1.29, 1.82) is 0 Å². The minimum absolute atomic E-state index is 0.0963. The first-order valence-electron chi connectivity index (χ1n) is 10.3. The van der Waals surface area contributed by atoms with E-state index in [0.29, 0.717) is 16.1 Å². The number of carboxylic acid groups (broad SMARTS) is 1. The van der Waals surface area contributed by atoms with Gasteiger partial charge in [0.2, 0.25) is 0 Å². The molecular formula is C25H21Cl2NO5. The molecule has 6 nitrogen and oxygen atoms in total. The average molecular weight is 486 g/mol. The molecule has 1 heterocycles. The third kappa shape index (κ3) is 4.42. The molecule has 1 aliphatic heterocycles. The molecular weight excluding hydrogens is 465 g/mol. The molecule has 4 rings (SSSR count). The van der Waals surface area contributed by atoms with Crippen LogP contribution in [0.5, 0.6) is 5.75 Å². The van der Waals surface area contributed by atoms with Crippen molar-refractivity contribution in [1.82, 2.24) is 4.90 Å². The lowest BCUT2D eigenvalue weighted by Gasteiger charge is -2.44. The van der Waals surface area contributed by atoms with Gasteiger partial charge < -0.3 is 20.2 Å². The smallest absolute Gasteiger partial charge is 0.313 e. The fourth-order valence-corrected chi connectivity index (χ4v) is 4.97. The highest BCUT2D eigenvalue weighted by atomic mass is 35.5. The van der Waals surface area contributed by atoms with Gasteiger partial charge in [0.15, 0.2) is 0 Å². The van der Waals surface area contributed by atoms with Crippen molar-refractivity contribution < 1.29 is 24.9 Å². The Labute approximate surface area is 200 Å². The molecule has 0 saturated carbocycles. The number of amides is 1. The Kier molecular flexibility index (Phi) is 6.61. The first-order chi connectivity index (χ1) is 15.8. The van der Waals surface area contributed by atoms with E-state index in [9.17, 15) is 24.9 Å². The van der Waals surface area contributed by atoms with E-state index in [0.717, 1.165) is 5.56 Å². The molecule has 0 spiro atoms. The van der Waals surface area contributed by atoms with Gasteiger partial charge in [-0.3, -0.25) is 9.59 Å². The Morgan fingerprint density at radius 1 is 1.00 bits per heavy atom. The van der Waals surface area contributed by atoms with Gasteiger partial charge in [0.25, 0.3) is 5.91 Å². The summed E-state index contributed by atoms with van der Waals surface area (Å²) in [5.41, 5.74) is 1.87. The fraction of sp³-hybridized carbons (Fsp3) is 0.200. The van der Waals surface area contributed by atoms with Crippen LogP contribution in [0.3, 0.4) is 0 Å². The number of aliphatic hydroxyl groups is 1. The number of benzene rings is 3. The van der Waals surface area contributed by atoms with E-state index in [1.54, 1.807) is 48.5 Å². The number of hydrogen-bond acceptors (Lipinski definition) is 4. The molecule has 0 saturated heterocycles. The number of fused-ring (bicyclic) bond motifs is 1. The molecule has 8 heteroatoms. The molecule has 3 aromatic carbocycles. The van der Waals surface area contributed by atoms with Crippen LogP contribution in [0.4, 0.5) is 0 Å². The standard InChI is InChI=1S/C25H21Cl2NO5/c26-15-7-10-20(21(27)12-15)23-22(25(32)33)18-3-1-2-4-19(18)24(31)28(23)16(13-29)11-14-5-8-17(30)9-6-14/h1-10,12,16,22-23,29-30H,11,13H2,(H,32,33)/t16-,22?,23?/m0/s1. The zero-order chi connectivity index (χ0) is 23.7. The van der Waals surface area contributed by atoms with Crippen LogP contribution in [0.2, 0.25) is 10.0 Å². The van der Waals surface area contributed by atoms with Crippen LogP contribution in [0.25, 0.3) is 0 Å². The first-order valence-corrected chi connectivity index (χ1v) is 11.1. The molecule has 0 aromatic heterocycles. The van der Waals surface area contributed by atoms with E-state index in [2.05, 4.69) is 0 Å². The normalized spacial score (nSPS) is 18.6. The summed E-state index contributed by atoms with van der Waals surface area (Å²) in [5.74, 6) is -2.51. The number of nitrogens with zero attached hydrogens (tertiary/aromatic N) is 1. The number of carbonyl (C=O) groups is 2. The Bertz CT molecular complexity index is 1200. The summed E-state index contributed by atoms with van der Waals surface area (Å²) in [7, 11) is 0. The summed E-state index contributed by atoms with van der Waals surface area (Å²) in [6.07, 6.45) is 0.249. The molecule has 2 unspecified atom stereocenters. The number of aliphatic hydroxyl groups excluding tert-OH is 1. The summed E-state index contributed by atoms with van der Waals surface area (Å²) in [5, 5.41) is 30.8. The summed E-state index contributed by atoms with van der Waals surface area (Å²) in [6, 6.07) is 16.0. The van der Waals surface area contributed by atoms with Gasteiger partial charge in [0.05, 0.1) is 18.7 Å². The van der Waals surface area contributed by atoms with Crippen molar-refractivity contribution in [2.75, 3.05) is 6.61 Å². The van der Waals surface area contributed by atoms with E-state index in [1.165, 1.54) is 23.1 Å². The topological polar surface area (TPSA) is 98.1 Å². The molecule has 1 amide bonds. The van der Waals surface area contributed by atoms with Gasteiger partial charge in [-0.1, -0.05) is 59.6 Å². The quantitative estimate of drug-likeness (QED) is 0.471. The Hall–Kier alpha value is -3.06. The lowest BCUT2D eigenvalue weighted by atomic mass is 9.78. The first kappa shape index (κ1) is 23.1. The maximum Gasteiger partial charge on any atom is 0.313 e. The van der Waals surface area contributed by atoms with Gasteiger partial charge in [-0.25, -0.2) is 0 Å². The number of hydrogen-bond donors (Lipinski definition) is 3. The second-order valence-corrected chi connectivity index (χ2v) is 8.78. The minimum Gasteiger partial charge on any atom is -0.508 e. The van der Waals surface area contributed by atoms with Crippen LogP contribution in [0.1, 0.15) is 39.0 Å². The van der Waals surface area contributed by atoms with Gasteiger partial charge in [-0.15, -0.1) is 0 Å². The van der Waals surface area contributed by atoms with Crippen LogP contribution in [0, 0.1) is 0 Å². The summed E-state index contributed by atoms with van der Waals surface area (Å²) >= 11 is 12.6. The lowest BCUT2D eigenvalue weighted by molar-refractivity contribution is -0.141. The second kappa shape index (κ2) is 9.43. The van der Waals surface area contributed by atoms with Crippen LogP contribution in [-0.4, -0.2) is 44.7 Å². The highest BCUT2D eigenvalue weighted by Gasteiger charge is 2.47. The number of phenols is 1. The maximum absolute atomic E-state index is 13.7. The zero-order valence-electron chi connectivity index (χ0n) is 17.4. The minimum atomic E-state index is -1.11. The van der Waals surface area contributed by atoms with Crippen molar-refractivity contribution in [3.8, 4) is 5.75 Å². The van der Waals surface area contributed by atoms with Crippen molar-refractivity contribution in [3.63, 3.8) is 0 Å². The summed E-state index contributed by atoms with van der Waals surface area (Å²) < 4.78 is 0. The molecule has 0 fully saturated rings. The van der Waals surface area contributed by atoms with E-state index < -0.39 is 36.5 Å². The van der Waals surface area contributed by atoms with Crippen molar-refractivity contribution in [2.24, 2.45) is 0 Å². The predicted molar refractivity (Wildman–Crippen MR) is 125 cm³/mol. The molecule has 3 aromatic rings. The van der Waals surface area contributed by atoms with Crippen molar-refractivity contribution in [2.45, 2.75) is 24.4 Å². The highest BCUT2D eigenvalue weighted by molar-refractivity contribution is 6.35.